The van der Waals surface area contributed by atoms with E-state index in [0.29, 0.717) is 38.4 Å². The molecule has 1 aliphatic heterocycles. The summed E-state index contributed by atoms with van der Waals surface area (Å²) in [4.78, 5) is 34.3. The van der Waals surface area contributed by atoms with Crippen LogP contribution in [0.1, 0.15) is 18.5 Å². The van der Waals surface area contributed by atoms with Crippen LogP contribution in [0.3, 0.4) is 0 Å². The number of amides is 2. The highest BCUT2D eigenvalue weighted by Gasteiger charge is 2.34. The van der Waals surface area contributed by atoms with Crippen molar-refractivity contribution in [2.75, 3.05) is 19.7 Å². The standard InChI is InChI=1S/C19H22N4O3/c24-18-11-15(13-23(18)14-16-5-1-2-8-21-16)19(25)22-9-4-10-26-17-6-3-7-20-12-17/h1-3,5-8,12,15H,4,9-11,13-14H2,(H,22,25)/t15-/m0/s1. The molecule has 3 heterocycles. The smallest absolute Gasteiger partial charge is 0.225 e. The molecule has 0 spiro atoms. The molecular weight excluding hydrogens is 332 g/mol. The molecule has 0 aliphatic carbocycles. The van der Waals surface area contributed by atoms with Gasteiger partial charge in [-0.15, -0.1) is 0 Å². The first-order chi connectivity index (χ1) is 12.7. The molecule has 0 radical (unpaired) electrons. The van der Waals surface area contributed by atoms with Crippen molar-refractivity contribution in [3.05, 3.63) is 54.6 Å². The molecule has 1 fully saturated rings. The molecule has 1 aliphatic rings. The number of pyridine rings is 2. The summed E-state index contributed by atoms with van der Waals surface area (Å²) in [6.45, 7) is 1.90. The van der Waals surface area contributed by atoms with E-state index in [9.17, 15) is 9.59 Å². The van der Waals surface area contributed by atoms with E-state index in [0.717, 1.165) is 5.69 Å². The van der Waals surface area contributed by atoms with Gasteiger partial charge < -0.3 is 15.0 Å². The zero-order valence-corrected chi connectivity index (χ0v) is 14.5. The van der Waals surface area contributed by atoms with Gasteiger partial charge in [0.15, 0.2) is 0 Å². The van der Waals surface area contributed by atoms with Crippen molar-refractivity contribution in [2.45, 2.75) is 19.4 Å². The molecule has 1 saturated heterocycles. The van der Waals surface area contributed by atoms with Crippen LogP contribution < -0.4 is 10.1 Å². The fraction of sp³-hybridized carbons (Fsp3) is 0.368. The second-order valence-electron chi connectivity index (χ2n) is 6.18. The van der Waals surface area contributed by atoms with Crippen LogP contribution in [-0.2, 0) is 16.1 Å². The van der Waals surface area contributed by atoms with E-state index in [2.05, 4.69) is 15.3 Å². The van der Waals surface area contributed by atoms with Crippen LogP contribution >= 0.6 is 0 Å². The van der Waals surface area contributed by atoms with Gasteiger partial charge in [0.2, 0.25) is 11.8 Å². The van der Waals surface area contributed by atoms with Crippen molar-refractivity contribution in [2.24, 2.45) is 5.92 Å². The number of ether oxygens (including phenoxy) is 1. The average molecular weight is 354 g/mol. The van der Waals surface area contributed by atoms with E-state index in [1.165, 1.54) is 0 Å². The fourth-order valence-corrected chi connectivity index (χ4v) is 2.84. The molecule has 7 heteroatoms. The number of carbonyl (C=O) groups excluding carboxylic acids is 2. The topological polar surface area (TPSA) is 84.4 Å². The summed E-state index contributed by atoms with van der Waals surface area (Å²) in [7, 11) is 0. The molecule has 2 aromatic rings. The number of carbonyl (C=O) groups is 2. The first-order valence-corrected chi connectivity index (χ1v) is 8.70. The van der Waals surface area contributed by atoms with Gasteiger partial charge >= 0.3 is 0 Å². The van der Waals surface area contributed by atoms with Crippen LogP contribution in [0.25, 0.3) is 0 Å². The zero-order valence-electron chi connectivity index (χ0n) is 14.5. The van der Waals surface area contributed by atoms with Crippen molar-refractivity contribution in [3.8, 4) is 5.75 Å². The lowest BCUT2D eigenvalue weighted by Gasteiger charge is -2.16. The molecule has 3 rings (SSSR count). The van der Waals surface area contributed by atoms with Crippen molar-refractivity contribution in [3.63, 3.8) is 0 Å². The lowest BCUT2D eigenvalue weighted by molar-refractivity contribution is -0.129. The minimum Gasteiger partial charge on any atom is -0.492 e. The number of hydrogen-bond acceptors (Lipinski definition) is 5. The van der Waals surface area contributed by atoms with E-state index in [1.807, 2.05) is 30.3 Å². The Balaban J connectivity index is 1.36. The largest absolute Gasteiger partial charge is 0.492 e. The van der Waals surface area contributed by atoms with Gasteiger partial charge in [-0.05, 0) is 30.7 Å². The molecule has 136 valence electrons. The van der Waals surface area contributed by atoms with E-state index in [-0.39, 0.29) is 24.2 Å². The quantitative estimate of drug-likeness (QED) is 0.725. The minimum absolute atomic E-state index is 0.00397. The third-order valence-electron chi connectivity index (χ3n) is 4.19. The lowest BCUT2D eigenvalue weighted by atomic mass is 10.1. The van der Waals surface area contributed by atoms with Crippen molar-refractivity contribution in [1.82, 2.24) is 20.2 Å². The summed E-state index contributed by atoms with van der Waals surface area (Å²) in [6, 6.07) is 9.25. The molecule has 2 amide bonds. The molecule has 1 atom stereocenters. The van der Waals surface area contributed by atoms with Crippen LogP contribution in [0.4, 0.5) is 0 Å². The predicted octanol–water partition coefficient (Wildman–Crippen LogP) is 1.41. The van der Waals surface area contributed by atoms with Crippen molar-refractivity contribution < 1.29 is 14.3 Å². The summed E-state index contributed by atoms with van der Waals surface area (Å²) in [5.41, 5.74) is 0.828. The highest BCUT2D eigenvalue weighted by atomic mass is 16.5. The van der Waals surface area contributed by atoms with Crippen LogP contribution in [-0.4, -0.2) is 46.4 Å². The van der Waals surface area contributed by atoms with Gasteiger partial charge in [-0.1, -0.05) is 6.07 Å². The molecule has 26 heavy (non-hydrogen) atoms. The molecule has 0 saturated carbocycles. The van der Waals surface area contributed by atoms with Crippen LogP contribution in [0.5, 0.6) is 5.75 Å². The average Bonchev–Trinajstić information content (AvgIpc) is 3.03. The Morgan fingerprint density at radius 3 is 2.96 bits per heavy atom. The highest BCUT2D eigenvalue weighted by Crippen LogP contribution is 2.19. The third kappa shape index (κ3) is 5.02. The Morgan fingerprint density at radius 2 is 2.19 bits per heavy atom. The number of aromatic nitrogens is 2. The summed E-state index contributed by atoms with van der Waals surface area (Å²) in [5.74, 6) is 0.329. The van der Waals surface area contributed by atoms with Crippen LogP contribution in [0.2, 0.25) is 0 Å². The van der Waals surface area contributed by atoms with Gasteiger partial charge in [0.05, 0.1) is 31.0 Å². The van der Waals surface area contributed by atoms with Gasteiger partial charge in [-0.2, -0.15) is 0 Å². The van der Waals surface area contributed by atoms with Gasteiger partial charge in [-0.3, -0.25) is 19.6 Å². The number of nitrogens with zero attached hydrogens (tertiary/aromatic N) is 3. The third-order valence-corrected chi connectivity index (χ3v) is 4.19. The van der Waals surface area contributed by atoms with E-state index < -0.39 is 0 Å². The Morgan fingerprint density at radius 1 is 1.27 bits per heavy atom. The molecule has 1 N–H and O–H groups in total. The van der Waals surface area contributed by atoms with E-state index in [1.54, 1.807) is 23.5 Å². The number of likely N-dealkylation sites (tertiary alicyclic amines) is 1. The van der Waals surface area contributed by atoms with Gasteiger partial charge in [0, 0.05) is 31.9 Å². The highest BCUT2D eigenvalue weighted by molar-refractivity contribution is 5.89. The summed E-state index contributed by atoms with van der Waals surface area (Å²) >= 11 is 0. The molecule has 0 unspecified atom stereocenters. The molecule has 0 bridgehead atoms. The molecule has 2 aromatic heterocycles. The lowest BCUT2D eigenvalue weighted by Crippen LogP contribution is -2.34. The van der Waals surface area contributed by atoms with Crippen molar-refractivity contribution in [1.29, 1.82) is 0 Å². The maximum Gasteiger partial charge on any atom is 0.225 e. The predicted molar refractivity (Wildman–Crippen MR) is 95.1 cm³/mol. The summed E-state index contributed by atoms with van der Waals surface area (Å²) < 4.78 is 5.53. The number of rotatable bonds is 8. The normalized spacial score (nSPS) is 16.5. The summed E-state index contributed by atoms with van der Waals surface area (Å²) in [5, 5.41) is 2.89. The van der Waals surface area contributed by atoms with Crippen molar-refractivity contribution >= 4 is 11.8 Å². The second kappa shape index (κ2) is 8.94. The van der Waals surface area contributed by atoms with Gasteiger partial charge in [0.1, 0.15) is 5.75 Å². The minimum atomic E-state index is -0.301. The number of nitrogens with one attached hydrogen (secondary N) is 1. The first-order valence-electron chi connectivity index (χ1n) is 8.70. The molecule has 7 nitrogen and oxygen atoms in total. The second-order valence-corrected chi connectivity index (χ2v) is 6.18. The Bertz CT molecular complexity index is 724. The van der Waals surface area contributed by atoms with E-state index >= 15 is 0 Å². The molecule has 0 aromatic carbocycles. The SMILES string of the molecule is O=C(NCCCOc1cccnc1)[C@H]1CC(=O)N(Cc2ccccn2)C1. The summed E-state index contributed by atoms with van der Waals surface area (Å²) in [6.07, 6.45) is 5.99. The first kappa shape index (κ1) is 17.8. The fourth-order valence-electron chi connectivity index (χ4n) is 2.84. The Labute approximate surface area is 152 Å². The van der Waals surface area contributed by atoms with Crippen LogP contribution in [0.15, 0.2) is 48.9 Å². The van der Waals surface area contributed by atoms with Gasteiger partial charge in [0.25, 0.3) is 0 Å². The van der Waals surface area contributed by atoms with Gasteiger partial charge in [-0.25, -0.2) is 0 Å². The number of hydrogen-bond donors (Lipinski definition) is 1. The zero-order chi connectivity index (χ0) is 18.2. The molecular formula is C19H22N4O3. The maximum absolute atomic E-state index is 12.3. The van der Waals surface area contributed by atoms with E-state index in [4.69, 9.17) is 4.74 Å². The Hall–Kier alpha value is -2.96. The van der Waals surface area contributed by atoms with Crippen LogP contribution in [0, 0.1) is 5.92 Å². The monoisotopic (exact) mass is 354 g/mol. The Kier molecular flexibility index (Phi) is 6.14. The maximum atomic E-state index is 12.3.